The minimum absolute atomic E-state index is 0.136. The monoisotopic (exact) mass is 188 g/mol. The molecule has 72 valence electrons. The summed E-state index contributed by atoms with van der Waals surface area (Å²) in [6, 6.07) is 8.04. The van der Waals surface area contributed by atoms with Crippen LogP contribution in [0.2, 0.25) is 0 Å². The SMILES string of the molecule is O=C(O)CC1=CCCc2ccccc21. The van der Waals surface area contributed by atoms with Crippen molar-refractivity contribution in [2.45, 2.75) is 19.3 Å². The van der Waals surface area contributed by atoms with Crippen LogP contribution in [0.15, 0.2) is 30.3 Å². The second kappa shape index (κ2) is 3.66. The molecule has 0 heterocycles. The van der Waals surface area contributed by atoms with Gasteiger partial charge >= 0.3 is 5.97 Å². The molecule has 2 heteroatoms. The second-order valence-electron chi connectivity index (χ2n) is 3.50. The lowest BCUT2D eigenvalue weighted by molar-refractivity contribution is -0.135. The minimum atomic E-state index is -0.757. The quantitative estimate of drug-likeness (QED) is 0.774. The molecule has 0 saturated heterocycles. The molecule has 0 atom stereocenters. The Hall–Kier alpha value is -1.57. The molecule has 1 N–H and O–H groups in total. The number of carboxylic acid groups (broad SMARTS) is 1. The van der Waals surface area contributed by atoms with Crippen molar-refractivity contribution in [2.75, 3.05) is 0 Å². The highest BCUT2D eigenvalue weighted by molar-refractivity contribution is 5.85. The van der Waals surface area contributed by atoms with E-state index in [4.69, 9.17) is 5.11 Å². The first kappa shape index (κ1) is 9.00. The molecule has 1 aromatic rings. The van der Waals surface area contributed by atoms with E-state index in [9.17, 15) is 4.79 Å². The summed E-state index contributed by atoms with van der Waals surface area (Å²) >= 11 is 0. The van der Waals surface area contributed by atoms with Gasteiger partial charge in [0.15, 0.2) is 0 Å². The van der Waals surface area contributed by atoms with E-state index in [0.29, 0.717) is 0 Å². The smallest absolute Gasteiger partial charge is 0.307 e. The molecule has 0 saturated carbocycles. The molecule has 0 aliphatic heterocycles. The Bertz CT molecular complexity index is 391. The van der Waals surface area contributed by atoms with Crippen LogP contribution < -0.4 is 0 Å². The molecular formula is C12H12O2. The lowest BCUT2D eigenvalue weighted by Gasteiger charge is -2.15. The number of benzene rings is 1. The van der Waals surface area contributed by atoms with Crippen molar-refractivity contribution in [1.82, 2.24) is 0 Å². The normalized spacial score (nSPS) is 14.4. The van der Waals surface area contributed by atoms with Crippen LogP contribution in [0.5, 0.6) is 0 Å². The number of allylic oxidation sites excluding steroid dienone is 1. The van der Waals surface area contributed by atoms with Gasteiger partial charge in [0, 0.05) is 0 Å². The summed E-state index contributed by atoms with van der Waals surface area (Å²) in [5, 5.41) is 8.75. The number of carbonyl (C=O) groups is 1. The van der Waals surface area contributed by atoms with Gasteiger partial charge < -0.3 is 5.11 Å². The fraction of sp³-hybridized carbons (Fsp3) is 0.250. The van der Waals surface area contributed by atoms with Crippen molar-refractivity contribution < 1.29 is 9.90 Å². The Morgan fingerprint density at radius 3 is 2.93 bits per heavy atom. The first-order valence-corrected chi connectivity index (χ1v) is 4.76. The number of fused-ring (bicyclic) bond motifs is 1. The Labute approximate surface area is 82.9 Å². The highest BCUT2D eigenvalue weighted by Gasteiger charge is 2.13. The Kier molecular flexibility index (Phi) is 2.35. The molecule has 0 spiro atoms. The Morgan fingerprint density at radius 2 is 2.14 bits per heavy atom. The minimum Gasteiger partial charge on any atom is -0.481 e. The van der Waals surface area contributed by atoms with E-state index < -0.39 is 5.97 Å². The summed E-state index contributed by atoms with van der Waals surface area (Å²) in [4.78, 5) is 10.6. The summed E-state index contributed by atoms with van der Waals surface area (Å²) < 4.78 is 0. The summed E-state index contributed by atoms with van der Waals surface area (Å²) in [7, 11) is 0. The van der Waals surface area contributed by atoms with Crippen molar-refractivity contribution in [2.24, 2.45) is 0 Å². The van der Waals surface area contributed by atoms with Crippen molar-refractivity contribution in [1.29, 1.82) is 0 Å². The summed E-state index contributed by atoms with van der Waals surface area (Å²) in [6.45, 7) is 0. The van der Waals surface area contributed by atoms with Gasteiger partial charge in [0.2, 0.25) is 0 Å². The van der Waals surface area contributed by atoms with Gasteiger partial charge in [-0.15, -0.1) is 0 Å². The molecule has 2 nitrogen and oxygen atoms in total. The van der Waals surface area contributed by atoms with Gasteiger partial charge in [-0.3, -0.25) is 4.79 Å². The number of aryl methyl sites for hydroxylation is 1. The molecule has 0 amide bonds. The van der Waals surface area contributed by atoms with Crippen LogP contribution in [-0.2, 0) is 11.2 Å². The number of rotatable bonds is 2. The van der Waals surface area contributed by atoms with E-state index in [1.165, 1.54) is 5.56 Å². The summed E-state index contributed by atoms with van der Waals surface area (Å²) in [6.07, 6.45) is 4.16. The zero-order chi connectivity index (χ0) is 9.97. The van der Waals surface area contributed by atoms with Crippen LogP contribution in [0.4, 0.5) is 0 Å². The van der Waals surface area contributed by atoms with Crippen LogP contribution in [0.3, 0.4) is 0 Å². The van der Waals surface area contributed by atoms with E-state index in [1.54, 1.807) is 0 Å². The first-order chi connectivity index (χ1) is 6.77. The molecule has 0 bridgehead atoms. The molecule has 1 aromatic carbocycles. The van der Waals surface area contributed by atoms with Gasteiger partial charge in [-0.1, -0.05) is 30.3 Å². The topological polar surface area (TPSA) is 37.3 Å². The van der Waals surface area contributed by atoms with Crippen molar-refractivity contribution in [3.8, 4) is 0 Å². The van der Waals surface area contributed by atoms with Crippen LogP contribution in [-0.4, -0.2) is 11.1 Å². The fourth-order valence-electron chi connectivity index (χ4n) is 1.89. The first-order valence-electron chi connectivity index (χ1n) is 4.76. The predicted molar refractivity (Wildman–Crippen MR) is 55.0 cm³/mol. The van der Waals surface area contributed by atoms with Crippen LogP contribution in [0.1, 0.15) is 24.0 Å². The highest BCUT2D eigenvalue weighted by Crippen LogP contribution is 2.28. The number of carboxylic acids is 1. The third kappa shape index (κ3) is 1.69. The van der Waals surface area contributed by atoms with Crippen molar-refractivity contribution in [3.63, 3.8) is 0 Å². The Balaban J connectivity index is 2.35. The number of hydrogen-bond donors (Lipinski definition) is 1. The fourth-order valence-corrected chi connectivity index (χ4v) is 1.89. The van der Waals surface area contributed by atoms with E-state index in [2.05, 4.69) is 6.07 Å². The zero-order valence-electron chi connectivity index (χ0n) is 7.86. The molecule has 2 rings (SSSR count). The zero-order valence-corrected chi connectivity index (χ0v) is 7.86. The van der Waals surface area contributed by atoms with Crippen molar-refractivity contribution >= 4 is 11.5 Å². The lowest BCUT2D eigenvalue weighted by atomic mass is 9.89. The van der Waals surface area contributed by atoms with E-state index in [1.807, 2.05) is 24.3 Å². The molecule has 0 unspecified atom stereocenters. The highest BCUT2D eigenvalue weighted by atomic mass is 16.4. The van der Waals surface area contributed by atoms with Crippen LogP contribution >= 0.6 is 0 Å². The third-order valence-corrected chi connectivity index (χ3v) is 2.51. The van der Waals surface area contributed by atoms with Gasteiger partial charge in [-0.05, 0) is 29.5 Å². The average molecular weight is 188 g/mol. The van der Waals surface area contributed by atoms with E-state index in [0.717, 1.165) is 24.0 Å². The van der Waals surface area contributed by atoms with Crippen LogP contribution in [0, 0.1) is 0 Å². The maximum atomic E-state index is 10.6. The summed E-state index contributed by atoms with van der Waals surface area (Å²) in [5.74, 6) is -0.757. The van der Waals surface area contributed by atoms with Gasteiger partial charge in [0.1, 0.15) is 0 Å². The maximum absolute atomic E-state index is 10.6. The van der Waals surface area contributed by atoms with Gasteiger partial charge in [-0.25, -0.2) is 0 Å². The van der Waals surface area contributed by atoms with Gasteiger partial charge in [0.25, 0.3) is 0 Å². The molecule has 14 heavy (non-hydrogen) atoms. The van der Waals surface area contributed by atoms with Gasteiger partial charge in [-0.2, -0.15) is 0 Å². The van der Waals surface area contributed by atoms with Crippen LogP contribution in [0.25, 0.3) is 5.57 Å². The Morgan fingerprint density at radius 1 is 1.36 bits per heavy atom. The number of hydrogen-bond acceptors (Lipinski definition) is 1. The summed E-state index contributed by atoms with van der Waals surface area (Å²) in [5.41, 5.74) is 3.34. The van der Waals surface area contributed by atoms with E-state index in [-0.39, 0.29) is 6.42 Å². The average Bonchev–Trinajstić information content (AvgIpc) is 2.18. The largest absolute Gasteiger partial charge is 0.481 e. The second-order valence-corrected chi connectivity index (χ2v) is 3.50. The molecule has 1 aliphatic carbocycles. The molecule has 0 radical (unpaired) electrons. The predicted octanol–water partition coefficient (Wildman–Crippen LogP) is 2.49. The number of aliphatic carboxylic acids is 1. The third-order valence-electron chi connectivity index (χ3n) is 2.51. The molecule has 1 aliphatic rings. The molecule has 0 fully saturated rings. The van der Waals surface area contributed by atoms with E-state index >= 15 is 0 Å². The van der Waals surface area contributed by atoms with Gasteiger partial charge in [0.05, 0.1) is 6.42 Å². The molecular weight excluding hydrogens is 176 g/mol. The maximum Gasteiger partial charge on any atom is 0.307 e. The standard InChI is InChI=1S/C12H12O2/c13-12(14)8-10-6-3-5-9-4-1-2-7-11(9)10/h1-2,4,6-7H,3,5,8H2,(H,13,14). The molecule has 0 aromatic heterocycles. The van der Waals surface area contributed by atoms with Crippen molar-refractivity contribution in [3.05, 3.63) is 41.5 Å². The lowest BCUT2D eigenvalue weighted by Crippen LogP contribution is -2.03.